The minimum Gasteiger partial charge on any atom is -0.298 e. The highest BCUT2D eigenvalue weighted by Gasteiger charge is 2.33. The molecular formula is C12H22O3S. The van der Waals surface area contributed by atoms with E-state index in [9.17, 15) is 13.2 Å². The fourth-order valence-corrected chi connectivity index (χ4v) is 4.14. The first-order valence-corrected chi connectivity index (χ1v) is 8.03. The van der Waals surface area contributed by atoms with Crippen LogP contribution in [0, 0.1) is 0 Å². The molecular weight excluding hydrogens is 224 g/mol. The molecule has 0 aromatic rings. The van der Waals surface area contributed by atoms with E-state index in [0.717, 1.165) is 38.5 Å². The van der Waals surface area contributed by atoms with Crippen molar-refractivity contribution in [2.45, 2.75) is 63.5 Å². The molecule has 0 aromatic carbocycles. The Hall–Kier alpha value is -0.380. The molecule has 0 spiro atoms. The normalized spacial score (nSPS) is 24.2. The molecule has 1 saturated heterocycles. The zero-order valence-corrected chi connectivity index (χ0v) is 10.9. The van der Waals surface area contributed by atoms with Gasteiger partial charge in [-0.1, -0.05) is 32.6 Å². The van der Waals surface area contributed by atoms with Gasteiger partial charge in [-0.3, -0.25) is 4.79 Å². The number of hydrogen-bond acceptors (Lipinski definition) is 3. The minimum atomic E-state index is -3.12. The Morgan fingerprint density at radius 3 is 2.56 bits per heavy atom. The maximum absolute atomic E-state index is 11.8. The lowest BCUT2D eigenvalue weighted by Gasteiger charge is -2.20. The summed E-state index contributed by atoms with van der Waals surface area (Å²) in [5.74, 6) is 0.161. The van der Waals surface area contributed by atoms with Crippen LogP contribution in [0.25, 0.3) is 0 Å². The average molecular weight is 246 g/mol. The molecule has 0 bridgehead atoms. The van der Waals surface area contributed by atoms with Crippen molar-refractivity contribution in [2.75, 3.05) is 5.75 Å². The Kier molecular flexibility index (Phi) is 5.46. The summed E-state index contributed by atoms with van der Waals surface area (Å²) in [7, 11) is -3.12. The molecule has 94 valence electrons. The summed E-state index contributed by atoms with van der Waals surface area (Å²) in [6.07, 6.45) is 6.75. The van der Waals surface area contributed by atoms with Crippen molar-refractivity contribution in [1.29, 1.82) is 0 Å². The standard InChI is InChI=1S/C12H22O3S/c1-2-3-4-5-8-11(13)12-9-6-7-10-16(12,14)15/h12H,2-10H2,1H3. The highest BCUT2D eigenvalue weighted by atomic mass is 32.2. The van der Waals surface area contributed by atoms with Gasteiger partial charge in [0.15, 0.2) is 15.6 Å². The third-order valence-corrected chi connectivity index (χ3v) is 5.44. The quantitative estimate of drug-likeness (QED) is 0.677. The van der Waals surface area contributed by atoms with Gasteiger partial charge in [0.1, 0.15) is 5.25 Å². The fourth-order valence-electron chi connectivity index (χ4n) is 2.20. The van der Waals surface area contributed by atoms with Crippen LogP contribution in [0.1, 0.15) is 58.3 Å². The van der Waals surface area contributed by atoms with E-state index in [4.69, 9.17) is 0 Å². The molecule has 0 amide bonds. The van der Waals surface area contributed by atoms with Crippen LogP contribution in [0.4, 0.5) is 0 Å². The lowest BCUT2D eigenvalue weighted by molar-refractivity contribution is -0.119. The van der Waals surface area contributed by atoms with Gasteiger partial charge in [0.2, 0.25) is 0 Å². The second-order valence-corrected chi connectivity index (χ2v) is 6.93. The number of Topliss-reactive ketones (excluding diaryl/α,β-unsaturated/α-hetero) is 1. The van der Waals surface area contributed by atoms with Crippen LogP contribution in [-0.4, -0.2) is 25.2 Å². The molecule has 3 nitrogen and oxygen atoms in total. The third-order valence-electron chi connectivity index (χ3n) is 3.21. The molecule has 1 aliphatic heterocycles. The zero-order valence-electron chi connectivity index (χ0n) is 10.1. The van der Waals surface area contributed by atoms with Crippen LogP contribution in [0.2, 0.25) is 0 Å². The van der Waals surface area contributed by atoms with Gasteiger partial charge in [-0.15, -0.1) is 0 Å². The fraction of sp³-hybridized carbons (Fsp3) is 0.917. The Morgan fingerprint density at radius 2 is 1.94 bits per heavy atom. The topological polar surface area (TPSA) is 51.2 Å². The van der Waals surface area contributed by atoms with Crippen molar-refractivity contribution in [3.63, 3.8) is 0 Å². The van der Waals surface area contributed by atoms with E-state index >= 15 is 0 Å². The predicted molar refractivity (Wildman–Crippen MR) is 65.2 cm³/mol. The van der Waals surface area contributed by atoms with Crippen LogP contribution in [0.3, 0.4) is 0 Å². The van der Waals surface area contributed by atoms with Crippen LogP contribution in [0.15, 0.2) is 0 Å². The van der Waals surface area contributed by atoms with Gasteiger partial charge in [-0.05, 0) is 19.3 Å². The molecule has 1 heterocycles. The van der Waals surface area contributed by atoms with Gasteiger partial charge in [-0.2, -0.15) is 0 Å². The first kappa shape index (κ1) is 13.7. The molecule has 4 heteroatoms. The molecule has 1 atom stereocenters. The second kappa shape index (κ2) is 6.38. The Labute approximate surface area is 98.5 Å². The summed E-state index contributed by atoms with van der Waals surface area (Å²) in [5, 5.41) is -0.678. The molecule has 1 aliphatic rings. The van der Waals surface area contributed by atoms with Crippen LogP contribution < -0.4 is 0 Å². The van der Waals surface area contributed by atoms with Gasteiger partial charge in [0, 0.05) is 6.42 Å². The van der Waals surface area contributed by atoms with E-state index in [1.165, 1.54) is 0 Å². The average Bonchev–Trinajstić information content (AvgIpc) is 2.23. The Balaban J connectivity index is 2.40. The molecule has 1 fully saturated rings. The van der Waals surface area contributed by atoms with Gasteiger partial charge in [0.25, 0.3) is 0 Å². The summed E-state index contributed by atoms with van der Waals surface area (Å²) >= 11 is 0. The zero-order chi connectivity index (χ0) is 12.0. The van der Waals surface area contributed by atoms with Crippen LogP contribution in [-0.2, 0) is 14.6 Å². The molecule has 0 aromatic heterocycles. The monoisotopic (exact) mass is 246 g/mol. The van der Waals surface area contributed by atoms with Gasteiger partial charge >= 0.3 is 0 Å². The van der Waals surface area contributed by atoms with Crippen molar-refractivity contribution in [2.24, 2.45) is 0 Å². The molecule has 0 radical (unpaired) electrons. The summed E-state index contributed by atoms with van der Waals surface area (Å²) in [6, 6.07) is 0. The summed E-state index contributed by atoms with van der Waals surface area (Å²) < 4.78 is 23.4. The summed E-state index contributed by atoms with van der Waals surface area (Å²) in [5.41, 5.74) is 0. The maximum Gasteiger partial charge on any atom is 0.160 e. The summed E-state index contributed by atoms with van der Waals surface area (Å²) in [4.78, 5) is 11.8. The number of rotatable bonds is 6. The number of sulfone groups is 1. The molecule has 0 aliphatic carbocycles. The maximum atomic E-state index is 11.8. The second-order valence-electron chi connectivity index (χ2n) is 4.63. The number of unbranched alkanes of at least 4 members (excludes halogenated alkanes) is 3. The predicted octanol–water partition coefficient (Wildman–Crippen LogP) is 2.49. The van der Waals surface area contributed by atoms with Crippen LogP contribution in [0.5, 0.6) is 0 Å². The SMILES string of the molecule is CCCCCCC(=O)C1CCCCS1(=O)=O. The van der Waals surface area contributed by atoms with E-state index in [0.29, 0.717) is 12.8 Å². The van der Waals surface area contributed by atoms with Crippen molar-refractivity contribution < 1.29 is 13.2 Å². The van der Waals surface area contributed by atoms with E-state index in [2.05, 4.69) is 6.92 Å². The smallest absolute Gasteiger partial charge is 0.160 e. The molecule has 1 unspecified atom stereocenters. The van der Waals surface area contributed by atoms with Gasteiger partial charge in [0.05, 0.1) is 5.75 Å². The molecule has 0 N–H and O–H groups in total. The lowest BCUT2D eigenvalue weighted by atomic mass is 10.0. The van der Waals surface area contributed by atoms with E-state index in [-0.39, 0.29) is 11.5 Å². The molecule has 0 saturated carbocycles. The summed E-state index contributed by atoms with van der Waals surface area (Å²) in [6.45, 7) is 2.12. The van der Waals surface area contributed by atoms with E-state index in [1.54, 1.807) is 0 Å². The minimum absolute atomic E-state index is 0.0456. The van der Waals surface area contributed by atoms with E-state index in [1.807, 2.05) is 0 Å². The highest BCUT2D eigenvalue weighted by Crippen LogP contribution is 2.22. The van der Waals surface area contributed by atoms with Gasteiger partial charge in [-0.25, -0.2) is 8.42 Å². The lowest BCUT2D eigenvalue weighted by Crippen LogP contribution is -2.35. The van der Waals surface area contributed by atoms with Crippen molar-refractivity contribution in [3.05, 3.63) is 0 Å². The number of carbonyl (C=O) groups is 1. The van der Waals surface area contributed by atoms with Gasteiger partial charge < -0.3 is 0 Å². The molecule has 16 heavy (non-hydrogen) atoms. The highest BCUT2D eigenvalue weighted by molar-refractivity contribution is 7.92. The number of carbonyl (C=O) groups excluding carboxylic acids is 1. The Bertz CT molecular complexity index is 319. The first-order valence-electron chi connectivity index (χ1n) is 6.32. The first-order chi connectivity index (χ1) is 7.58. The molecule has 1 rings (SSSR count). The number of ketones is 1. The Morgan fingerprint density at radius 1 is 1.19 bits per heavy atom. The van der Waals surface area contributed by atoms with Crippen molar-refractivity contribution in [3.8, 4) is 0 Å². The number of hydrogen-bond donors (Lipinski definition) is 0. The van der Waals surface area contributed by atoms with Crippen molar-refractivity contribution >= 4 is 15.6 Å². The van der Waals surface area contributed by atoms with E-state index < -0.39 is 15.1 Å². The van der Waals surface area contributed by atoms with Crippen LogP contribution >= 0.6 is 0 Å². The largest absolute Gasteiger partial charge is 0.298 e. The van der Waals surface area contributed by atoms with Crippen molar-refractivity contribution in [1.82, 2.24) is 0 Å². The third kappa shape index (κ3) is 3.89.